The van der Waals surface area contributed by atoms with Crippen molar-refractivity contribution in [1.29, 1.82) is 0 Å². The zero-order valence-electron chi connectivity index (χ0n) is 9.12. The van der Waals surface area contributed by atoms with Gasteiger partial charge in [-0.2, -0.15) is 0 Å². The lowest BCUT2D eigenvalue weighted by atomic mass is 10.1. The number of carbonyl (C=O) groups is 1. The zero-order chi connectivity index (χ0) is 11.8. The summed E-state index contributed by atoms with van der Waals surface area (Å²) in [6.07, 6.45) is 2.87. The molecular weight excluding hydrogens is 207 g/mol. The first-order valence-corrected chi connectivity index (χ1v) is 5.21. The molecule has 0 aromatic heterocycles. The highest BCUT2D eigenvalue weighted by molar-refractivity contribution is 5.96. The number of hydrogen-bond donors (Lipinski definition) is 0. The van der Waals surface area contributed by atoms with Crippen LogP contribution in [0.2, 0.25) is 0 Å². The molecule has 0 aliphatic carbocycles. The second-order valence-corrected chi connectivity index (χ2v) is 3.37. The van der Waals surface area contributed by atoms with E-state index in [2.05, 4.69) is 6.58 Å². The Hall–Kier alpha value is -1.48. The fourth-order valence-electron chi connectivity index (χ4n) is 1.21. The van der Waals surface area contributed by atoms with Crippen molar-refractivity contribution >= 4 is 5.78 Å². The fraction of sp³-hybridized carbons (Fsp3) is 0.308. The average Bonchev–Trinajstić information content (AvgIpc) is 2.29. The van der Waals surface area contributed by atoms with Crippen molar-refractivity contribution in [2.24, 2.45) is 0 Å². The Morgan fingerprint density at radius 1 is 1.31 bits per heavy atom. The number of ether oxygens (including phenoxy) is 1. The summed E-state index contributed by atoms with van der Waals surface area (Å²) < 4.78 is 17.8. The number of carbonyl (C=O) groups excluding carboxylic acids is 1. The summed E-state index contributed by atoms with van der Waals surface area (Å²) in [5.74, 6) is -0.364. The van der Waals surface area contributed by atoms with Crippen LogP contribution in [0.3, 0.4) is 0 Å². The van der Waals surface area contributed by atoms with Crippen LogP contribution in [0.4, 0.5) is 4.39 Å². The predicted octanol–water partition coefficient (Wildman–Crippen LogP) is 2.99. The Labute approximate surface area is 94.7 Å². The zero-order valence-corrected chi connectivity index (χ0v) is 9.12. The van der Waals surface area contributed by atoms with Crippen molar-refractivity contribution < 1.29 is 13.9 Å². The summed E-state index contributed by atoms with van der Waals surface area (Å²) in [6.45, 7) is 4.54. The van der Waals surface area contributed by atoms with Crippen molar-refractivity contribution in [1.82, 2.24) is 0 Å². The molecule has 86 valence electrons. The van der Waals surface area contributed by atoms with Crippen LogP contribution in [0.5, 0.6) is 0 Å². The van der Waals surface area contributed by atoms with Crippen LogP contribution < -0.4 is 0 Å². The standard InChI is InChI=1S/C13H15FO2/c1-2-3-9-16-10-8-13(15)11-4-6-12(14)7-5-11/h2,4-7H,1,3,8-10H2. The van der Waals surface area contributed by atoms with Crippen LogP contribution >= 0.6 is 0 Å². The maximum Gasteiger partial charge on any atom is 0.165 e. The third-order valence-corrected chi connectivity index (χ3v) is 2.11. The minimum atomic E-state index is -0.334. The maximum absolute atomic E-state index is 12.6. The van der Waals surface area contributed by atoms with E-state index in [0.717, 1.165) is 6.42 Å². The van der Waals surface area contributed by atoms with Gasteiger partial charge >= 0.3 is 0 Å². The summed E-state index contributed by atoms with van der Waals surface area (Å²) in [4.78, 5) is 11.6. The molecule has 0 saturated heterocycles. The summed E-state index contributed by atoms with van der Waals surface area (Å²) in [6, 6.07) is 5.54. The van der Waals surface area contributed by atoms with E-state index in [0.29, 0.717) is 25.2 Å². The van der Waals surface area contributed by atoms with Gasteiger partial charge in [0.15, 0.2) is 5.78 Å². The molecule has 0 heterocycles. The minimum Gasteiger partial charge on any atom is -0.381 e. The highest BCUT2D eigenvalue weighted by Crippen LogP contribution is 2.05. The Kier molecular flexibility index (Phi) is 5.43. The molecule has 0 aliphatic heterocycles. The number of Topliss-reactive ketones (excluding diaryl/α,β-unsaturated/α-hetero) is 1. The summed E-state index contributed by atoms with van der Waals surface area (Å²) in [7, 11) is 0. The van der Waals surface area contributed by atoms with Crippen LogP contribution in [0.25, 0.3) is 0 Å². The van der Waals surface area contributed by atoms with E-state index in [1.807, 2.05) is 0 Å². The van der Waals surface area contributed by atoms with Gasteiger partial charge in [-0.3, -0.25) is 4.79 Å². The highest BCUT2D eigenvalue weighted by Gasteiger charge is 2.05. The molecule has 0 unspecified atom stereocenters. The van der Waals surface area contributed by atoms with Gasteiger partial charge in [0.25, 0.3) is 0 Å². The molecule has 0 saturated carbocycles. The molecule has 0 N–H and O–H groups in total. The summed E-state index contributed by atoms with van der Waals surface area (Å²) in [5.41, 5.74) is 0.522. The van der Waals surface area contributed by atoms with Gasteiger partial charge in [0.1, 0.15) is 5.82 Å². The SMILES string of the molecule is C=CCCOCCC(=O)c1ccc(F)cc1. The molecule has 1 aromatic rings. The van der Waals surface area contributed by atoms with Crippen LogP contribution in [-0.4, -0.2) is 19.0 Å². The van der Waals surface area contributed by atoms with Crippen LogP contribution in [0.1, 0.15) is 23.2 Å². The normalized spacial score (nSPS) is 10.1. The summed E-state index contributed by atoms with van der Waals surface area (Å²) in [5, 5.41) is 0. The molecule has 1 rings (SSSR count). The number of hydrogen-bond acceptors (Lipinski definition) is 2. The Morgan fingerprint density at radius 2 is 2.00 bits per heavy atom. The lowest BCUT2D eigenvalue weighted by Gasteiger charge is -2.02. The Bertz CT molecular complexity index is 343. The fourth-order valence-corrected chi connectivity index (χ4v) is 1.21. The van der Waals surface area contributed by atoms with E-state index >= 15 is 0 Å². The summed E-state index contributed by atoms with van der Waals surface area (Å²) >= 11 is 0. The van der Waals surface area contributed by atoms with Crippen molar-refractivity contribution in [3.63, 3.8) is 0 Å². The first kappa shape index (κ1) is 12.6. The second-order valence-electron chi connectivity index (χ2n) is 3.37. The molecule has 0 fully saturated rings. The van der Waals surface area contributed by atoms with Gasteiger partial charge in [0.05, 0.1) is 13.2 Å². The van der Waals surface area contributed by atoms with Crippen molar-refractivity contribution in [3.8, 4) is 0 Å². The molecule has 0 aliphatic rings. The van der Waals surface area contributed by atoms with Crippen molar-refractivity contribution in [2.75, 3.05) is 13.2 Å². The third-order valence-electron chi connectivity index (χ3n) is 2.11. The largest absolute Gasteiger partial charge is 0.381 e. The van der Waals surface area contributed by atoms with E-state index in [1.54, 1.807) is 6.08 Å². The molecule has 3 heteroatoms. The number of rotatable bonds is 7. The average molecular weight is 222 g/mol. The van der Waals surface area contributed by atoms with E-state index in [4.69, 9.17) is 4.74 Å². The number of benzene rings is 1. The van der Waals surface area contributed by atoms with Gasteiger partial charge in [-0.1, -0.05) is 6.08 Å². The molecule has 0 amide bonds. The third kappa shape index (κ3) is 4.36. The van der Waals surface area contributed by atoms with E-state index < -0.39 is 0 Å². The quantitative estimate of drug-likeness (QED) is 0.403. The lowest BCUT2D eigenvalue weighted by molar-refractivity contribution is 0.0884. The number of ketones is 1. The molecule has 1 aromatic carbocycles. The molecule has 0 atom stereocenters. The molecule has 16 heavy (non-hydrogen) atoms. The van der Waals surface area contributed by atoms with Gasteiger partial charge < -0.3 is 4.74 Å². The van der Waals surface area contributed by atoms with Crippen LogP contribution in [0.15, 0.2) is 36.9 Å². The van der Waals surface area contributed by atoms with Gasteiger partial charge in [0.2, 0.25) is 0 Å². The van der Waals surface area contributed by atoms with Gasteiger partial charge in [-0.15, -0.1) is 6.58 Å². The molecule has 0 spiro atoms. The Balaban J connectivity index is 2.29. The molecule has 0 radical (unpaired) electrons. The topological polar surface area (TPSA) is 26.3 Å². The Morgan fingerprint density at radius 3 is 2.62 bits per heavy atom. The first-order valence-electron chi connectivity index (χ1n) is 5.21. The highest BCUT2D eigenvalue weighted by atomic mass is 19.1. The lowest BCUT2D eigenvalue weighted by Crippen LogP contribution is -2.05. The first-order chi connectivity index (χ1) is 7.74. The van der Waals surface area contributed by atoms with Gasteiger partial charge in [0, 0.05) is 12.0 Å². The molecular formula is C13H15FO2. The van der Waals surface area contributed by atoms with E-state index in [9.17, 15) is 9.18 Å². The van der Waals surface area contributed by atoms with Crippen molar-refractivity contribution in [3.05, 3.63) is 48.3 Å². The van der Waals surface area contributed by atoms with Gasteiger partial charge in [-0.25, -0.2) is 4.39 Å². The van der Waals surface area contributed by atoms with Crippen LogP contribution in [-0.2, 0) is 4.74 Å². The number of halogens is 1. The van der Waals surface area contributed by atoms with E-state index in [-0.39, 0.29) is 11.6 Å². The minimum absolute atomic E-state index is 0.0291. The maximum atomic E-state index is 12.6. The predicted molar refractivity (Wildman–Crippen MR) is 61.0 cm³/mol. The van der Waals surface area contributed by atoms with E-state index in [1.165, 1.54) is 24.3 Å². The van der Waals surface area contributed by atoms with Crippen LogP contribution in [0, 0.1) is 5.82 Å². The monoisotopic (exact) mass is 222 g/mol. The molecule has 2 nitrogen and oxygen atoms in total. The molecule has 0 bridgehead atoms. The van der Waals surface area contributed by atoms with Gasteiger partial charge in [-0.05, 0) is 30.7 Å². The smallest absolute Gasteiger partial charge is 0.165 e. The van der Waals surface area contributed by atoms with Crippen molar-refractivity contribution in [2.45, 2.75) is 12.8 Å². The second kappa shape index (κ2) is 6.90.